The SMILES string of the molecule is O=C(Nc1cccc(F)c1)Nc1cnnc(Cl)c1. The molecule has 0 radical (unpaired) electrons. The number of nitrogens with zero attached hydrogens (tertiary/aromatic N) is 2. The summed E-state index contributed by atoms with van der Waals surface area (Å²) >= 11 is 5.61. The fourth-order valence-electron chi connectivity index (χ4n) is 1.27. The molecular weight excluding hydrogens is 259 g/mol. The van der Waals surface area contributed by atoms with Crippen molar-refractivity contribution in [2.45, 2.75) is 0 Å². The first-order chi connectivity index (χ1) is 8.63. The molecule has 1 aromatic carbocycles. The lowest BCUT2D eigenvalue weighted by molar-refractivity contribution is 0.262. The fraction of sp³-hybridized carbons (Fsp3) is 0. The van der Waals surface area contributed by atoms with Crippen LogP contribution in [0.15, 0.2) is 36.5 Å². The highest BCUT2D eigenvalue weighted by Crippen LogP contribution is 2.12. The number of carbonyl (C=O) groups excluding carboxylic acids is 1. The number of aromatic nitrogens is 2. The molecule has 0 saturated heterocycles. The fourth-order valence-corrected chi connectivity index (χ4v) is 1.43. The van der Waals surface area contributed by atoms with Crippen molar-refractivity contribution in [1.82, 2.24) is 10.2 Å². The number of amides is 2. The van der Waals surface area contributed by atoms with Crippen LogP contribution >= 0.6 is 11.6 Å². The van der Waals surface area contributed by atoms with E-state index in [0.717, 1.165) is 0 Å². The molecule has 7 heteroatoms. The Hall–Kier alpha value is -2.21. The second-order valence-corrected chi connectivity index (χ2v) is 3.74. The van der Waals surface area contributed by atoms with Crippen LogP contribution in [-0.2, 0) is 0 Å². The van der Waals surface area contributed by atoms with Crippen molar-refractivity contribution in [3.63, 3.8) is 0 Å². The minimum atomic E-state index is -0.523. The van der Waals surface area contributed by atoms with Crippen LogP contribution < -0.4 is 10.6 Å². The largest absolute Gasteiger partial charge is 0.323 e. The number of rotatable bonds is 2. The number of carbonyl (C=O) groups is 1. The maximum Gasteiger partial charge on any atom is 0.323 e. The Morgan fingerprint density at radius 3 is 2.72 bits per heavy atom. The number of urea groups is 1. The smallest absolute Gasteiger partial charge is 0.308 e. The second-order valence-electron chi connectivity index (χ2n) is 3.36. The molecule has 2 N–H and O–H groups in total. The zero-order valence-corrected chi connectivity index (χ0v) is 9.78. The molecule has 0 unspecified atom stereocenters. The van der Waals surface area contributed by atoms with Crippen LogP contribution in [0.1, 0.15) is 0 Å². The summed E-state index contributed by atoms with van der Waals surface area (Å²) in [5, 5.41) is 12.2. The van der Waals surface area contributed by atoms with Gasteiger partial charge in [0.25, 0.3) is 0 Å². The minimum Gasteiger partial charge on any atom is -0.308 e. The topological polar surface area (TPSA) is 66.9 Å². The molecule has 2 aromatic rings. The summed E-state index contributed by atoms with van der Waals surface area (Å²) in [6.45, 7) is 0. The molecule has 92 valence electrons. The molecule has 2 amide bonds. The van der Waals surface area contributed by atoms with Gasteiger partial charge in [0.05, 0.1) is 11.9 Å². The third-order valence-corrected chi connectivity index (χ3v) is 2.15. The highest BCUT2D eigenvalue weighted by Gasteiger charge is 2.04. The molecule has 0 aliphatic carbocycles. The van der Waals surface area contributed by atoms with E-state index in [4.69, 9.17) is 11.6 Å². The molecule has 0 fully saturated rings. The lowest BCUT2D eigenvalue weighted by atomic mass is 10.3. The lowest BCUT2D eigenvalue weighted by Gasteiger charge is -2.07. The highest BCUT2D eigenvalue weighted by atomic mass is 35.5. The van der Waals surface area contributed by atoms with Crippen LogP contribution in [0.5, 0.6) is 0 Å². The number of benzene rings is 1. The van der Waals surface area contributed by atoms with Crippen molar-refractivity contribution in [1.29, 1.82) is 0 Å². The monoisotopic (exact) mass is 266 g/mol. The third-order valence-electron chi connectivity index (χ3n) is 1.97. The van der Waals surface area contributed by atoms with Gasteiger partial charge < -0.3 is 10.6 Å². The van der Waals surface area contributed by atoms with Gasteiger partial charge in [-0.3, -0.25) is 0 Å². The predicted octanol–water partition coefficient (Wildman–Crippen LogP) is 2.91. The van der Waals surface area contributed by atoms with Crippen molar-refractivity contribution >= 4 is 29.0 Å². The van der Waals surface area contributed by atoms with Crippen LogP contribution in [0.4, 0.5) is 20.6 Å². The van der Waals surface area contributed by atoms with Crippen molar-refractivity contribution in [2.24, 2.45) is 0 Å². The summed E-state index contributed by atoms with van der Waals surface area (Å²) in [4.78, 5) is 11.6. The predicted molar refractivity (Wildman–Crippen MR) is 66.1 cm³/mol. The Labute approximate surface area is 107 Å². The van der Waals surface area contributed by atoms with E-state index in [-0.39, 0.29) is 5.15 Å². The first-order valence-electron chi connectivity index (χ1n) is 4.95. The van der Waals surface area contributed by atoms with Crippen molar-refractivity contribution in [3.8, 4) is 0 Å². The Morgan fingerprint density at radius 2 is 2.00 bits per heavy atom. The molecule has 1 aromatic heterocycles. The van der Waals surface area contributed by atoms with Crippen LogP contribution in [0, 0.1) is 5.82 Å². The molecule has 2 rings (SSSR count). The Bertz CT molecular complexity index is 529. The summed E-state index contributed by atoms with van der Waals surface area (Å²) < 4.78 is 12.9. The molecule has 18 heavy (non-hydrogen) atoms. The van der Waals surface area contributed by atoms with E-state index >= 15 is 0 Å². The van der Waals surface area contributed by atoms with Crippen LogP contribution in [-0.4, -0.2) is 16.2 Å². The summed E-state index contributed by atoms with van der Waals surface area (Å²) in [6, 6.07) is 6.48. The Morgan fingerprint density at radius 1 is 1.22 bits per heavy atom. The molecule has 0 aliphatic rings. The van der Waals surface area contributed by atoms with Gasteiger partial charge >= 0.3 is 6.03 Å². The maximum atomic E-state index is 12.9. The summed E-state index contributed by atoms with van der Waals surface area (Å²) in [5.41, 5.74) is 0.740. The summed E-state index contributed by atoms with van der Waals surface area (Å²) in [7, 11) is 0. The number of hydrogen-bond donors (Lipinski definition) is 2. The average molecular weight is 267 g/mol. The highest BCUT2D eigenvalue weighted by molar-refractivity contribution is 6.29. The molecule has 1 heterocycles. The van der Waals surface area contributed by atoms with Crippen LogP contribution in [0.25, 0.3) is 0 Å². The number of hydrogen-bond acceptors (Lipinski definition) is 3. The number of anilines is 2. The van der Waals surface area contributed by atoms with Gasteiger partial charge in [-0.15, -0.1) is 5.10 Å². The van der Waals surface area contributed by atoms with Gasteiger partial charge in [0, 0.05) is 11.8 Å². The zero-order valence-electron chi connectivity index (χ0n) is 9.02. The molecule has 0 saturated carbocycles. The Kier molecular flexibility index (Phi) is 3.69. The number of halogens is 2. The van der Waals surface area contributed by atoms with E-state index in [1.807, 2.05) is 0 Å². The van der Waals surface area contributed by atoms with Gasteiger partial charge in [0.15, 0.2) is 5.15 Å². The first kappa shape index (κ1) is 12.3. The van der Waals surface area contributed by atoms with Gasteiger partial charge in [-0.2, -0.15) is 5.10 Å². The second kappa shape index (κ2) is 5.42. The molecule has 5 nitrogen and oxygen atoms in total. The molecule has 0 atom stereocenters. The first-order valence-corrected chi connectivity index (χ1v) is 5.33. The quantitative estimate of drug-likeness (QED) is 0.878. The minimum absolute atomic E-state index is 0.165. The molecule has 0 aliphatic heterocycles. The molecular formula is C11H8ClFN4O. The van der Waals surface area contributed by atoms with Gasteiger partial charge in [0.2, 0.25) is 0 Å². The van der Waals surface area contributed by atoms with E-state index in [2.05, 4.69) is 20.8 Å². The van der Waals surface area contributed by atoms with Crippen molar-refractivity contribution < 1.29 is 9.18 Å². The van der Waals surface area contributed by atoms with Gasteiger partial charge in [-0.05, 0) is 18.2 Å². The van der Waals surface area contributed by atoms with Gasteiger partial charge in [0.1, 0.15) is 5.82 Å². The van der Waals surface area contributed by atoms with Crippen LogP contribution in [0.3, 0.4) is 0 Å². The normalized spacial score (nSPS) is 9.89. The zero-order chi connectivity index (χ0) is 13.0. The van der Waals surface area contributed by atoms with E-state index < -0.39 is 11.8 Å². The van der Waals surface area contributed by atoms with Crippen molar-refractivity contribution in [3.05, 3.63) is 47.5 Å². The molecule has 0 bridgehead atoms. The van der Waals surface area contributed by atoms with E-state index in [0.29, 0.717) is 11.4 Å². The molecule has 0 spiro atoms. The van der Waals surface area contributed by atoms with E-state index in [1.165, 1.54) is 30.5 Å². The van der Waals surface area contributed by atoms with Crippen molar-refractivity contribution in [2.75, 3.05) is 10.6 Å². The lowest BCUT2D eigenvalue weighted by Crippen LogP contribution is -2.19. The van der Waals surface area contributed by atoms with Gasteiger partial charge in [-0.1, -0.05) is 17.7 Å². The van der Waals surface area contributed by atoms with Gasteiger partial charge in [-0.25, -0.2) is 9.18 Å². The standard InChI is InChI=1S/C11H8ClFN4O/c12-10-5-9(6-14-17-10)16-11(18)15-8-3-1-2-7(13)4-8/h1-6H,(H2,15,16,17,18). The maximum absolute atomic E-state index is 12.9. The van der Waals surface area contributed by atoms with Crippen LogP contribution in [0.2, 0.25) is 5.15 Å². The Balaban J connectivity index is 2.01. The third kappa shape index (κ3) is 3.39. The summed E-state index contributed by atoms with van der Waals surface area (Å²) in [6.07, 6.45) is 1.34. The number of nitrogens with one attached hydrogen (secondary N) is 2. The van der Waals surface area contributed by atoms with E-state index in [1.54, 1.807) is 6.07 Å². The average Bonchev–Trinajstić information content (AvgIpc) is 2.28. The van der Waals surface area contributed by atoms with E-state index in [9.17, 15) is 9.18 Å². The summed E-state index contributed by atoms with van der Waals surface area (Å²) in [5.74, 6) is -0.429.